The third kappa shape index (κ3) is 5.34. The summed E-state index contributed by atoms with van der Waals surface area (Å²) in [6.45, 7) is 22.1. The quantitative estimate of drug-likeness (QED) is 0.456. The predicted molar refractivity (Wildman–Crippen MR) is 120 cm³/mol. The van der Waals surface area contributed by atoms with Crippen molar-refractivity contribution in [3.63, 3.8) is 0 Å². The zero-order chi connectivity index (χ0) is 21.3. The van der Waals surface area contributed by atoms with Crippen molar-refractivity contribution in [1.29, 1.82) is 0 Å². The van der Waals surface area contributed by atoms with Gasteiger partial charge in [0.15, 0.2) is 8.32 Å². The Morgan fingerprint density at radius 3 is 2.14 bits per heavy atom. The van der Waals surface area contributed by atoms with Crippen molar-refractivity contribution in [3.8, 4) is 0 Å². The van der Waals surface area contributed by atoms with Crippen molar-refractivity contribution in [2.45, 2.75) is 77.9 Å². The van der Waals surface area contributed by atoms with Gasteiger partial charge in [0.2, 0.25) is 12.6 Å². The van der Waals surface area contributed by atoms with Crippen molar-refractivity contribution in [2.24, 2.45) is 0 Å². The summed E-state index contributed by atoms with van der Waals surface area (Å²) in [6.07, 6.45) is 3.91. The summed E-state index contributed by atoms with van der Waals surface area (Å²) in [7, 11) is -1.86. The van der Waals surface area contributed by atoms with Gasteiger partial charge < -0.3 is 4.43 Å². The Hall–Kier alpha value is -0.973. The van der Waals surface area contributed by atoms with Crippen molar-refractivity contribution in [1.82, 2.24) is 4.90 Å². The highest BCUT2D eigenvalue weighted by atomic mass is 28.4. The molecule has 2 rings (SSSR count). The highest BCUT2D eigenvalue weighted by Gasteiger charge is 2.47. The highest BCUT2D eigenvalue weighted by Crippen LogP contribution is 2.38. The van der Waals surface area contributed by atoms with E-state index >= 15 is 0 Å². The summed E-state index contributed by atoms with van der Waals surface area (Å²) in [4.78, 5) is 14.9. The lowest BCUT2D eigenvalue weighted by molar-refractivity contribution is -0.125. The molecule has 4 heteroatoms. The van der Waals surface area contributed by atoms with E-state index in [9.17, 15) is 4.79 Å². The number of amides is 1. The number of nitrogens with zero attached hydrogens (tertiary/aromatic N) is 1. The Kier molecular flexibility index (Phi) is 7.00. The molecule has 0 aliphatic carbocycles. The minimum Gasteiger partial charge on any atom is -0.410 e. The summed E-state index contributed by atoms with van der Waals surface area (Å²) in [5.41, 5.74) is 2.43. The molecule has 0 bridgehead atoms. The van der Waals surface area contributed by atoms with Crippen LogP contribution in [0.25, 0.3) is 0 Å². The van der Waals surface area contributed by atoms with Gasteiger partial charge >= 0.3 is 5.91 Å². The molecule has 0 N–H and O–H groups in total. The molecular weight excluding hydrogens is 362 g/mol. The molecular formula is C24H37NO2Si+. The van der Waals surface area contributed by atoms with E-state index in [-0.39, 0.29) is 22.3 Å². The Morgan fingerprint density at radius 2 is 1.64 bits per heavy atom. The topological polar surface area (TPSA) is 32.2 Å². The lowest BCUT2D eigenvalue weighted by Gasteiger charge is -2.36. The fourth-order valence-electron chi connectivity index (χ4n) is 2.84. The predicted octanol–water partition coefficient (Wildman–Crippen LogP) is 5.89. The van der Waals surface area contributed by atoms with Crippen LogP contribution in [0.2, 0.25) is 18.1 Å². The first-order valence-electron chi connectivity index (χ1n) is 10.2. The van der Waals surface area contributed by atoms with Gasteiger partial charge in [0.1, 0.15) is 12.5 Å². The number of carbonyl (C=O) groups excluding carboxylic acids is 1. The summed E-state index contributed by atoms with van der Waals surface area (Å²) in [5, 5.41) is 0.149. The van der Waals surface area contributed by atoms with Gasteiger partial charge in [-0.15, -0.1) is 0 Å². The van der Waals surface area contributed by atoms with Crippen molar-refractivity contribution in [2.75, 3.05) is 6.61 Å². The molecule has 0 saturated carbocycles. The van der Waals surface area contributed by atoms with Crippen LogP contribution in [0, 0.1) is 25.4 Å². The largest absolute Gasteiger partial charge is 0.410 e. The molecule has 1 aromatic rings. The number of hydrogen-bond donors (Lipinski definition) is 0. The second-order valence-electron chi connectivity index (χ2n) is 10.4. The van der Waals surface area contributed by atoms with Crippen LogP contribution in [-0.2, 0) is 14.6 Å². The molecule has 1 fully saturated rings. The molecule has 1 aliphatic rings. The molecule has 1 aromatic carbocycles. The average Bonchev–Trinajstić information content (AvgIpc) is 3.05. The molecule has 153 valence electrons. The molecule has 5 radical (unpaired) electrons. The number of rotatable bonds is 5. The van der Waals surface area contributed by atoms with Gasteiger partial charge in [-0.25, -0.2) is 4.79 Å². The Morgan fingerprint density at radius 1 is 1.07 bits per heavy atom. The van der Waals surface area contributed by atoms with Crippen LogP contribution >= 0.6 is 0 Å². The number of benzene rings is 1. The fraction of sp³-hybridized carbons (Fsp3) is 0.542. The Labute approximate surface area is 174 Å². The summed E-state index contributed by atoms with van der Waals surface area (Å²) >= 11 is 0. The molecule has 1 atom stereocenters. The third-order valence-electron chi connectivity index (χ3n) is 6.10. The van der Waals surface area contributed by atoms with Gasteiger partial charge in [-0.05, 0) is 41.6 Å². The summed E-state index contributed by atoms with van der Waals surface area (Å²) in [5.74, 6) is -0.115. The molecule has 3 nitrogen and oxygen atoms in total. The molecule has 1 aliphatic heterocycles. The lowest BCUT2D eigenvalue weighted by Crippen LogP contribution is -2.45. The summed E-state index contributed by atoms with van der Waals surface area (Å²) in [6, 6.07) is 9.36. The van der Waals surface area contributed by atoms with Crippen molar-refractivity contribution in [3.05, 3.63) is 60.8 Å². The summed E-state index contributed by atoms with van der Waals surface area (Å²) < 4.78 is 6.33. The average molecular weight is 400 g/mol. The maximum atomic E-state index is 13.1. The third-order valence-corrected chi connectivity index (χ3v) is 10.6. The van der Waals surface area contributed by atoms with Crippen LogP contribution in [-0.4, -0.2) is 20.8 Å². The number of likely N-dealkylation sites (tertiary alicyclic amines) is 1. The Bertz CT molecular complexity index is 667. The number of carbonyl (C=O) groups is 1. The fourth-order valence-corrected chi connectivity index (χ4v) is 3.78. The van der Waals surface area contributed by atoms with Gasteiger partial charge in [-0.2, -0.15) is 0 Å². The van der Waals surface area contributed by atoms with Gasteiger partial charge in [0.05, 0.1) is 0 Å². The zero-order valence-corrected chi connectivity index (χ0v) is 20.1. The minimum absolute atomic E-state index is 0.0855. The van der Waals surface area contributed by atoms with Crippen molar-refractivity contribution >= 4 is 14.2 Å². The van der Waals surface area contributed by atoms with E-state index in [1.807, 2.05) is 26.3 Å². The van der Waals surface area contributed by atoms with Crippen LogP contribution in [0.1, 0.15) is 65.5 Å². The highest BCUT2D eigenvalue weighted by molar-refractivity contribution is 6.74. The van der Waals surface area contributed by atoms with E-state index in [2.05, 4.69) is 78.9 Å². The van der Waals surface area contributed by atoms with Crippen LogP contribution in [0.15, 0.2) is 24.3 Å². The van der Waals surface area contributed by atoms with Gasteiger partial charge in [0, 0.05) is 12.8 Å². The monoisotopic (exact) mass is 399 g/mol. The van der Waals surface area contributed by atoms with Gasteiger partial charge in [-0.3, -0.25) is 0 Å². The SMILES string of the molecule is CC(C(=O)[N+]1[CH][CH][CH][C]1CO[Si](C)(C)C(C)(C)C)c1ccc(C(C)(C)C)cc1. The normalized spacial score (nSPS) is 18.5. The first kappa shape index (κ1) is 23.3. The van der Waals surface area contributed by atoms with Crippen LogP contribution in [0.5, 0.6) is 0 Å². The number of hydrogen-bond acceptors (Lipinski definition) is 2. The van der Waals surface area contributed by atoms with E-state index in [1.165, 1.54) is 5.56 Å². The molecule has 0 spiro atoms. The molecule has 1 saturated heterocycles. The van der Waals surface area contributed by atoms with E-state index in [0.717, 1.165) is 11.6 Å². The Balaban J connectivity index is 2.05. The van der Waals surface area contributed by atoms with E-state index < -0.39 is 8.32 Å². The van der Waals surface area contributed by atoms with E-state index in [4.69, 9.17) is 4.43 Å². The standard InChI is InChI=1S/C24H37NO2Si/c1-18(19-12-14-20(15-13-19)23(2,3)4)22(26)25-16-10-11-21(25)17-27-28(8,9)24(5,6)7/h10-16,18H,17H2,1-9H3/q+1. The molecule has 1 unspecified atom stereocenters. The van der Waals surface area contributed by atoms with Gasteiger partial charge in [-0.1, -0.05) is 70.7 Å². The first-order valence-corrected chi connectivity index (χ1v) is 13.1. The molecule has 0 aromatic heterocycles. The van der Waals surface area contributed by atoms with E-state index in [0.29, 0.717) is 6.61 Å². The van der Waals surface area contributed by atoms with Gasteiger partial charge in [0.25, 0.3) is 0 Å². The maximum absolute atomic E-state index is 13.1. The van der Waals surface area contributed by atoms with Crippen LogP contribution in [0.3, 0.4) is 0 Å². The molecule has 1 heterocycles. The smallest absolute Gasteiger partial charge is 0.369 e. The van der Waals surface area contributed by atoms with Crippen LogP contribution < -0.4 is 4.90 Å². The maximum Gasteiger partial charge on any atom is 0.369 e. The second-order valence-corrected chi connectivity index (χ2v) is 15.2. The molecule has 1 amide bonds. The second kappa shape index (κ2) is 8.41. The van der Waals surface area contributed by atoms with Crippen molar-refractivity contribution < 1.29 is 9.22 Å². The molecule has 28 heavy (non-hydrogen) atoms. The minimum atomic E-state index is -1.86. The van der Waals surface area contributed by atoms with Crippen LogP contribution in [0.4, 0.5) is 0 Å². The zero-order valence-electron chi connectivity index (χ0n) is 19.1. The lowest BCUT2D eigenvalue weighted by atomic mass is 9.85. The first-order chi connectivity index (χ1) is 12.7. The van der Waals surface area contributed by atoms with E-state index in [1.54, 1.807) is 4.90 Å².